The Hall–Kier alpha value is -2.73. The first-order valence-corrected chi connectivity index (χ1v) is 9.98. The maximum atomic E-state index is 12.7. The van der Waals surface area contributed by atoms with Crippen LogP contribution in [0, 0.1) is 19.8 Å². The van der Waals surface area contributed by atoms with Crippen LogP contribution >= 0.6 is 0 Å². The van der Waals surface area contributed by atoms with Crippen LogP contribution in [0.2, 0.25) is 0 Å². The maximum Gasteiger partial charge on any atom is 0.251 e. The zero-order chi connectivity index (χ0) is 19.3. The lowest BCUT2D eigenvalue weighted by Crippen LogP contribution is -2.44. The molecule has 144 valence electrons. The highest BCUT2D eigenvalue weighted by molar-refractivity contribution is 5.59. The summed E-state index contributed by atoms with van der Waals surface area (Å²) in [4.78, 5) is 17.4. The number of piperidine rings is 1. The molecule has 0 aromatic carbocycles. The fourth-order valence-electron chi connectivity index (χ4n) is 4.65. The second-order valence-electron chi connectivity index (χ2n) is 8.21. The number of fused-ring (bicyclic) bond motifs is 4. The summed E-state index contributed by atoms with van der Waals surface area (Å²) in [6.07, 6.45) is 3.06. The molecule has 6 heteroatoms. The van der Waals surface area contributed by atoms with Crippen molar-refractivity contribution in [3.8, 4) is 11.3 Å². The van der Waals surface area contributed by atoms with Gasteiger partial charge in [-0.3, -0.25) is 14.5 Å². The second kappa shape index (κ2) is 6.71. The van der Waals surface area contributed by atoms with Gasteiger partial charge in [-0.1, -0.05) is 6.07 Å². The Morgan fingerprint density at radius 3 is 2.82 bits per heavy atom. The highest BCUT2D eigenvalue weighted by Crippen LogP contribution is 2.33. The molecule has 0 unspecified atom stereocenters. The van der Waals surface area contributed by atoms with Crippen molar-refractivity contribution in [2.75, 3.05) is 13.1 Å². The van der Waals surface area contributed by atoms with Crippen LogP contribution in [0.25, 0.3) is 11.3 Å². The lowest BCUT2D eigenvalue weighted by molar-refractivity contribution is 0.257. The number of pyridine rings is 2. The Bertz CT molecular complexity index is 1080. The smallest absolute Gasteiger partial charge is 0.251 e. The van der Waals surface area contributed by atoms with Crippen LogP contribution in [0.1, 0.15) is 35.0 Å². The predicted octanol–water partition coefficient (Wildman–Crippen LogP) is 2.48. The zero-order valence-corrected chi connectivity index (χ0v) is 16.4. The molecular formula is C22H25N5O. The molecular weight excluding hydrogens is 350 g/mol. The van der Waals surface area contributed by atoms with Crippen LogP contribution in [0.4, 0.5) is 0 Å². The Morgan fingerprint density at radius 2 is 2.07 bits per heavy atom. The third kappa shape index (κ3) is 3.07. The van der Waals surface area contributed by atoms with E-state index in [2.05, 4.69) is 40.5 Å². The minimum absolute atomic E-state index is 0.0950. The number of rotatable bonds is 3. The largest absolute Gasteiger partial charge is 0.316 e. The zero-order valence-electron chi connectivity index (χ0n) is 16.4. The molecule has 6 nitrogen and oxygen atoms in total. The summed E-state index contributed by atoms with van der Waals surface area (Å²) in [5.74, 6) is 0.993. The second-order valence-corrected chi connectivity index (χ2v) is 8.21. The number of nitrogens with one attached hydrogen (secondary N) is 1. The first-order valence-electron chi connectivity index (χ1n) is 9.98. The molecule has 2 aliphatic rings. The Balaban J connectivity index is 1.44. The van der Waals surface area contributed by atoms with E-state index < -0.39 is 0 Å². The highest BCUT2D eigenvalue weighted by Gasteiger charge is 2.31. The molecule has 1 fully saturated rings. The van der Waals surface area contributed by atoms with Gasteiger partial charge in [-0.2, -0.15) is 5.10 Å². The molecule has 2 atom stereocenters. The van der Waals surface area contributed by atoms with Crippen molar-refractivity contribution in [1.82, 2.24) is 24.6 Å². The molecule has 0 saturated carbocycles. The monoisotopic (exact) mass is 375 g/mol. The number of aromatic nitrogens is 4. The molecule has 2 aliphatic heterocycles. The van der Waals surface area contributed by atoms with Gasteiger partial charge in [-0.05, 0) is 56.5 Å². The van der Waals surface area contributed by atoms with Crippen molar-refractivity contribution in [2.45, 2.75) is 39.3 Å². The maximum absolute atomic E-state index is 12.7. The van der Waals surface area contributed by atoms with E-state index in [4.69, 9.17) is 0 Å². The lowest BCUT2D eigenvalue weighted by atomic mass is 9.83. The summed E-state index contributed by atoms with van der Waals surface area (Å²) >= 11 is 0. The molecule has 2 bridgehead atoms. The van der Waals surface area contributed by atoms with Crippen molar-refractivity contribution in [1.29, 1.82) is 0 Å². The first-order chi connectivity index (χ1) is 13.6. The SMILES string of the molecule is Cc1cc(C)n(Cc2ccc(-c3cc4n(c(=O)c3)C[C@@H]3CNC[C@H]4C3)nc2)n1. The van der Waals surface area contributed by atoms with E-state index in [1.165, 1.54) is 6.42 Å². The fraction of sp³-hybridized carbons (Fsp3) is 0.409. The van der Waals surface area contributed by atoms with E-state index in [0.29, 0.717) is 18.4 Å². The van der Waals surface area contributed by atoms with Crippen LogP contribution in [-0.4, -0.2) is 32.4 Å². The Kier molecular flexibility index (Phi) is 4.16. The molecule has 1 saturated heterocycles. The van der Waals surface area contributed by atoms with E-state index in [1.807, 2.05) is 28.4 Å². The van der Waals surface area contributed by atoms with Gasteiger partial charge in [0.2, 0.25) is 0 Å². The summed E-state index contributed by atoms with van der Waals surface area (Å²) in [6.45, 7) is 7.56. The van der Waals surface area contributed by atoms with Gasteiger partial charge >= 0.3 is 0 Å². The van der Waals surface area contributed by atoms with Crippen molar-refractivity contribution in [3.63, 3.8) is 0 Å². The van der Waals surface area contributed by atoms with Gasteiger partial charge < -0.3 is 9.88 Å². The average Bonchev–Trinajstić information content (AvgIpc) is 3.00. The van der Waals surface area contributed by atoms with Crippen molar-refractivity contribution >= 4 is 0 Å². The Labute approximate surface area is 164 Å². The third-order valence-corrected chi connectivity index (χ3v) is 6.02. The highest BCUT2D eigenvalue weighted by atomic mass is 16.1. The molecule has 5 heterocycles. The van der Waals surface area contributed by atoms with Gasteiger partial charge in [0.05, 0.1) is 17.9 Å². The average molecular weight is 375 g/mol. The predicted molar refractivity (Wildman–Crippen MR) is 108 cm³/mol. The van der Waals surface area contributed by atoms with Crippen LogP contribution < -0.4 is 10.9 Å². The van der Waals surface area contributed by atoms with Crippen LogP contribution in [-0.2, 0) is 13.1 Å². The quantitative estimate of drug-likeness (QED) is 0.764. The van der Waals surface area contributed by atoms with Gasteiger partial charge in [0.15, 0.2) is 0 Å². The van der Waals surface area contributed by atoms with Crippen molar-refractivity contribution < 1.29 is 0 Å². The molecule has 0 radical (unpaired) electrons. The van der Waals surface area contributed by atoms with Gasteiger partial charge in [-0.15, -0.1) is 0 Å². The first kappa shape index (κ1) is 17.4. The molecule has 5 rings (SSSR count). The minimum atomic E-state index is 0.0950. The van der Waals surface area contributed by atoms with Gasteiger partial charge in [0.1, 0.15) is 0 Å². The Morgan fingerprint density at radius 1 is 1.18 bits per heavy atom. The van der Waals surface area contributed by atoms with E-state index in [1.54, 1.807) is 6.07 Å². The number of hydrogen-bond donors (Lipinski definition) is 1. The number of aryl methyl sites for hydroxylation is 2. The molecule has 3 aromatic heterocycles. The van der Waals surface area contributed by atoms with Gasteiger partial charge in [-0.25, -0.2) is 0 Å². The van der Waals surface area contributed by atoms with Gasteiger partial charge in [0, 0.05) is 48.2 Å². The summed E-state index contributed by atoms with van der Waals surface area (Å²) in [7, 11) is 0. The molecule has 0 amide bonds. The van der Waals surface area contributed by atoms with Crippen LogP contribution in [0.5, 0.6) is 0 Å². The van der Waals surface area contributed by atoms with Crippen molar-refractivity contribution in [3.05, 3.63) is 69.5 Å². The molecule has 1 N–H and O–H groups in total. The summed E-state index contributed by atoms with van der Waals surface area (Å²) in [5, 5.41) is 8.02. The minimum Gasteiger partial charge on any atom is -0.316 e. The van der Waals surface area contributed by atoms with Crippen LogP contribution in [0.15, 0.2) is 41.3 Å². The molecule has 0 aliphatic carbocycles. The van der Waals surface area contributed by atoms with E-state index in [9.17, 15) is 4.79 Å². The third-order valence-electron chi connectivity index (χ3n) is 6.02. The molecule has 0 spiro atoms. The summed E-state index contributed by atoms with van der Waals surface area (Å²) < 4.78 is 3.96. The summed E-state index contributed by atoms with van der Waals surface area (Å²) in [6, 6.07) is 10.1. The van der Waals surface area contributed by atoms with E-state index in [0.717, 1.165) is 53.5 Å². The number of hydrogen-bond acceptors (Lipinski definition) is 4. The summed E-state index contributed by atoms with van der Waals surface area (Å²) in [5.41, 5.74) is 6.28. The number of nitrogens with zero attached hydrogens (tertiary/aromatic N) is 4. The standard InChI is InChI=1S/C22H25N5O/c1-14-5-15(2)27(25-14)13-16-3-4-20(24-10-16)18-7-21-19-6-17(9-23-11-19)12-26(21)22(28)8-18/h3-5,7-8,10,17,19,23H,6,9,11-13H2,1-2H3/t17-,19+/m0/s1. The fourth-order valence-corrected chi connectivity index (χ4v) is 4.65. The van der Waals surface area contributed by atoms with Crippen LogP contribution in [0.3, 0.4) is 0 Å². The normalized spacial score (nSPS) is 20.8. The molecule has 3 aromatic rings. The van der Waals surface area contributed by atoms with Gasteiger partial charge in [0.25, 0.3) is 5.56 Å². The van der Waals surface area contributed by atoms with E-state index in [-0.39, 0.29) is 5.56 Å². The van der Waals surface area contributed by atoms with E-state index >= 15 is 0 Å². The molecule has 28 heavy (non-hydrogen) atoms. The topological polar surface area (TPSA) is 64.7 Å². The lowest BCUT2D eigenvalue weighted by Gasteiger charge is -2.37. The van der Waals surface area contributed by atoms with Crippen molar-refractivity contribution in [2.24, 2.45) is 5.92 Å².